The average Bonchev–Trinajstić information content (AvgIpc) is 2.45. The van der Waals surface area contributed by atoms with Crippen LogP contribution in [0.4, 0.5) is 0 Å². The molecule has 7 nitrogen and oxygen atoms in total. The molecule has 1 aliphatic rings. The molecule has 1 fully saturated rings. The molecule has 1 aliphatic heterocycles. The molecule has 0 radical (unpaired) electrons. The first kappa shape index (κ1) is 18.5. The van der Waals surface area contributed by atoms with E-state index in [0.717, 1.165) is 0 Å². The van der Waals surface area contributed by atoms with Gasteiger partial charge >= 0.3 is 0 Å². The number of rotatable bonds is 7. The van der Waals surface area contributed by atoms with Crippen LogP contribution < -0.4 is 5.73 Å². The molecule has 1 rings (SSSR count). The first-order valence-corrected chi connectivity index (χ1v) is 9.73. The lowest BCUT2D eigenvalue weighted by Gasteiger charge is -2.39. The first-order chi connectivity index (χ1) is 9.77. The van der Waals surface area contributed by atoms with Crippen molar-refractivity contribution in [1.82, 2.24) is 4.31 Å². The Morgan fingerprint density at radius 3 is 2.48 bits per heavy atom. The second-order valence-corrected chi connectivity index (χ2v) is 8.60. The normalized spacial score (nSPS) is 20.9. The van der Waals surface area contributed by atoms with Crippen molar-refractivity contribution in [3.63, 3.8) is 0 Å². The molecule has 0 atom stereocenters. The summed E-state index contributed by atoms with van der Waals surface area (Å²) in [6, 6.07) is 0. The van der Waals surface area contributed by atoms with Crippen LogP contribution in [0.3, 0.4) is 0 Å². The van der Waals surface area contributed by atoms with Gasteiger partial charge in [0.05, 0.1) is 23.2 Å². The fourth-order valence-corrected chi connectivity index (χ4v) is 4.44. The molecule has 0 bridgehead atoms. The number of ether oxygens (including phenoxy) is 1. The molecule has 0 spiro atoms. The predicted molar refractivity (Wildman–Crippen MR) is 85.3 cm³/mol. The van der Waals surface area contributed by atoms with Gasteiger partial charge in [-0.25, -0.2) is 12.7 Å². The second kappa shape index (κ2) is 7.66. The Morgan fingerprint density at radius 2 is 2.05 bits per heavy atom. The summed E-state index contributed by atoms with van der Waals surface area (Å²) in [4.78, 5) is 0. The van der Waals surface area contributed by atoms with E-state index in [1.54, 1.807) is 0 Å². The number of nitrogens with zero attached hydrogens (tertiary/aromatic N) is 2. The molecule has 9 heteroatoms. The molecule has 1 heterocycles. The fraction of sp³-hybridized carbons (Fsp3) is 0.917. The summed E-state index contributed by atoms with van der Waals surface area (Å²) in [5, 5.41) is 12.0. The number of oxime groups is 1. The molecular weight excluding hydrogens is 314 g/mol. The summed E-state index contributed by atoms with van der Waals surface area (Å²) < 4.78 is 30.8. The number of sulfonamides is 1. The molecule has 124 valence electrons. The third kappa shape index (κ3) is 4.73. The van der Waals surface area contributed by atoms with Crippen molar-refractivity contribution < 1.29 is 18.4 Å². The van der Waals surface area contributed by atoms with Crippen LogP contribution in [-0.2, 0) is 14.8 Å². The van der Waals surface area contributed by atoms with E-state index in [0.29, 0.717) is 25.9 Å². The van der Waals surface area contributed by atoms with Gasteiger partial charge in [-0.2, -0.15) is 11.8 Å². The number of hydrogen-bond acceptors (Lipinski definition) is 6. The van der Waals surface area contributed by atoms with Crippen molar-refractivity contribution in [3.8, 4) is 0 Å². The van der Waals surface area contributed by atoms with Crippen LogP contribution in [0.2, 0.25) is 0 Å². The molecule has 3 N–H and O–H groups in total. The molecule has 0 aromatic carbocycles. The van der Waals surface area contributed by atoms with E-state index < -0.39 is 14.8 Å². The van der Waals surface area contributed by atoms with Crippen molar-refractivity contribution in [2.24, 2.45) is 10.9 Å². The van der Waals surface area contributed by atoms with Gasteiger partial charge in [0.1, 0.15) is 0 Å². The number of amidine groups is 1. The number of thioether (sulfide) groups is 1. The minimum Gasteiger partial charge on any atom is -0.409 e. The maximum atomic E-state index is 12.2. The van der Waals surface area contributed by atoms with Gasteiger partial charge in [0.2, 0.25) is 10.0 Å². The van der Waals surface area contributed by atoms with Crippen molar-refractivity contribution in [1.29, 1.82) is 0 Å². The number of hydrogen-bond donors (Lipinski definition) is 2. The summed E-state index contributed by atoms with van der Waals surface area (Å²) in [7, 11) is -3.31. The lowest BCUT2D eigenvalue weighted by atomic mass is 9.96. The maximum Gasteiger partial charge on any atom is 0.216 e. The van der Waals surface area contributed by atoms with E-state index in [4.69, 9.17) is 15.7 Å². The number of nitrogens with two attached hydrogens (primary N) is 1. The van der Waals surface area contributed by atoms with E-state index in [9.17, 15) is 8.42 Å². The molecule has 0 aromatic rings. The van der Waals surface area contributed by atoms with Crippen LogP contribution in [-0.4, -0.2) is 66.3 Å². The smallest absolute Gasteiger partial charge is 0.216 e. The third-order valence-corrected chi connectivity index (χ3v) is 6.91. The largest absolute Gasteiger partial charge is 0.409 e. The molecule has 0 unspecified atom stereocenters. The Balaban J connectivity index is 2.63. The highest BCUT2D eigenvalue weighted by Gasteiger charge is 2.40. The van der Waals surface area contributed by atoms with Gasteiger partial charge in [-0.15, -0.1) is 0 Å². The zero-order chi connectivity index (χ0) is 16.1. The highest BCUT2D eigenvalue weighted by Crippen LogP contribution is 2.35. The van der Waals surface area contributed by atoms with Gasteiger partial charge in [0, 0.05) is 13.1 Å². The van der Waals surface area contributed by atoms with Crippen LogP contribution in [0.5, 0.6) is 0 Å². The number of piperidine rings is 1. The van der Waals surface area contributed by atoms with E-state index in [1.165, 1.54) is 16.1 Å². The standard InChI is InChI=1S/C12H25N3O4S2/c1-10(2)19-8-9-21(17,18)15-6-4-12(20-3,5-7-15)11(13)14-16/h10,16H,4-9H2,1-3H3,(H2,13,14). The maximum absolute atomic E-state index is 12.2. The van der Waals surface area contributed by atoms with Crippen LogP contribution in [0, 0.1) is 0 Å². The molecule has 21 heavy (non-hydrogen) atoms. The lowest BCUT2D eigenvalue weighted by Crippen LogP contribution is -2.52. The van der Waals surface area contributed by atoms with Crippen molar-refractivity contribution >= 4 is 27.6 Å². The van der Waals surface area contributed by atoms with Crippen LogP contribution in [0.15, 0.2) is 5.16 Å². The van der Waals surface area contributed by atoms with Gasteiger partial charge in [0.15, 0.2) is 5.84 Å². The van der Waals surface area contributed by atoms with Crippen molar-refractivity contribution in [2.75, 3.05) is 31.7 Å². The van der Waals surface area contributed by atoms with Gasteiger partial charge in [-0.3, -0.25) is 0 Å². The molecule has 1 saturated heterocycles. The van der Waals surface area contributed by atoms with Gasteiger partial charge in [0.25, 0.3) is 0 Å². The Labute approximate surface area is 130 Å². The predicted octanol–water partition coefficient (Wildman–Crippen LogP) is 0.685. The van der Waals surface area contributed by atoms with E-state index >= 15 is 0 Å². The van der Waals surface area contributed by atoms with E-state index in [2.05, 4.69) is 5.16 Å². The van der Waals surface area contributed by atoms with Gasteiger partial charge in [-0.05, 0) is 32.9 Å². The Kier molecular flexibility index (Phi) is 6.76. The summed E-state index contributed by atoms with van der Waals surface area (Å²) in [6.45, 7) is 4.70. The summed E-state index contributed by atoms with van der Waals surface area (Å²) in [5.41, 5.74) is 5.75. The van der Waals surface area contributed by atoms with Crippen molar-refractivity contribution in [2.45, 2.75) is 37.5 Å². The lowest BCUT2D eigenvalue weighted by molar-refractivity contribution is 0.0905. The van der Waals surface area contributed by atoms with Crippen LogP contribution in [0.1, 0.15) is 26.7 Å². The molecule has 0 saturated carbocycles. The average molecular weight is 339 g/mol. The minimum absolute atomic E-state index is 0.0129. The second-order valence-electron chi connectivity index (χ2n) is 5.32. The Morgan fingerprint density at radius 1 is 1.48 bits per heavy atom. The molecule has 0 aliphatic carbocycles. The fourth-order valence-electron chi connectivity index (χ4n) is 2.30. The molecular formula is C12H25N3O4S2. The summed E-state index contributed by atoms with van der Waals surface area (Å²) in [5.74, 6) is 0.149. The third-order valence-electron chi connectivity index (χ3n) is 3.68. The summed E-state index contributed by atoms with van der Waals surface area (Å²) >= 11 is 1.50. The van der Waals surface area contributed by atoms with Gasteiger partial charge < -0.3 is 15.7 Å². The highest BCUT2D eigenvalue weighted by molar-refractivity contribution is 8.00. The molecule has 0 amide bonds. The zero-order valence-electron chi connectivity index (χ0n) is 12.8. The van der Waals surface area contributed by atoms with Crippen LogP contribution in [0.25, 0.3) is 0 Å². The van der Waals surface area contributed by atoms with E-state index in [1.807, 2.05) is 20.1 Å². The quantitative estimate of drug-likeness (QED) is 0.306. The first-order valence-electron chi connectivity index (χ1n) is 6.90. The minimum atomic E-state index is -3.31. The SMILES string of the molecule is CSC1(C(N)=NO)CCN(S(=O)(=O)CCOC(C)C)CC1. The molecule has 0 aromatic heterocycles. The highest BCUT2D eigenvalue weighted by atomic mass is 32.2. The van der Waals surface area contributed by atoms with Crippen LogP contribution >= 0.6 is 11.8 Å². The van der Waals surface area contributed by atoms with E-state index in [-0.39, 0.29) is 24.3 Å². The summed E-state index contributed by atoms with van der Waals surface area (Å²) in [6.07, 6.45) is 2.98. The monoisotopic (exact) mass is 339 g/mol. The zero-order valence-corrected chi connectivity index (χ0v) is 14.4. The Bertz CT molecular complexity index is 457. The van der Waals surface area contributed by atoms with Gasteiger partial charge in [-0.1, -0.05) is 5.16 Å². The van der Waals surface area contributed by atoms with Crippen molar-refractivity contribution in [3.05, 3.63) is 0 Å². The topological polar surface area (TPSA) is 105 Å². The Hall–Kier alpha value is -0.510.